The Balaban J connectivity index is 1.59. The number of benzene rings is 2. The predicted octanol–water partition coefficient (Wildman–Crippen LogP) is 2.40. The van der Waals surface area contributed by atoms with Crippen LogP contribution in [-0.2, 0) is 16.1 Å². The van der Waals surface area contributed by atoms with Crippen molar-refractivity contribution in [3.8, 4) is 11.8 Å². The molecule has 2 aromatic carbocycles. The molecule has 2 aromatic rings. The molecule has 1 fully saturated rings. The van der Waals surface area contributed by atoms with Gasteiger partial charge in [0.25, 0.3) is 5.91 Å². The monoisotopic (exact) mass is 455 g/mol. The number of hydrogen-bond acceptors (Lipinski definition) is 4. The Bertz CT molecular complexity index is 1010. The lowest BCUT2D eigenvalue weighted by Gasteiger charge is -2.26. The van der Waals surface area contributed by atoms with E-state index < -0.39 is 30.2 Å². The van der Waals surface area contributed by atoms with E-state index in [0.717, 1.165) is 45.3 Å². The largest absolute Gasteiger partial charge is 0.379 e. The highest BCUT2D eigenvalue weighted by Crippen LogP contribution is 2.15. The first-order valence-corrected chi connectivity index (χ1v) is 10.7. The summed E-state index contributed by atoms with van der Waals surface area (Å²) in [5.41, 5.74) is 8.16. The first-order chi connectivity index (χ1) is 15.8. The van der Waals surface area contributed by atoms with Crippen molar-refractivity contribution in [1.29, 1.82) is 0 Å². The number of carbonyl (C=O) groups excluding carboxylic acids is 2. The van der Waals surface area contributed by atoms with Crippen molar-refractivity contribution in [2.45, 2.75) is 25.9 Å². The molecule has 0 radical (unpaired) electrons. The molecule has 3 rings (SSSR count). The van der Waals surface area contributed by atoms with E-state index in [1.807, 2.05) is 12.1 Å². The molecule has 0 saturated carbocycles. The maximum atomic E-state index is 12.9. The van der Waals surface area contributed by atoms with Crippen LogP contribution in [0.25, 0.3) is 0 Å². The van der Waals surface area contributed by atoms with Gasteiger partial charge in [-0.3, -0.25) is 14.5 Å². The molecule has 0 aromatic heterocycles. The van der Waals surface area contributed by atoms with Gasteiger partial charge in [0.05, 0.1) is 13.2 Å². The summed E-state index contributed by atoms with van der Waals surface area (Å²) in [7, 11) is 0. The minimum atomic E-state index is -2.78. The molecule has 1 heterocycles. The van der Waals surface area contributed by atoms with E-state index in [9.17, 15) is 18.4 Å². The summed E-state index contributed by atoms with van der Waals surface area (Å²) in [6.07, 6.45) is -2.78. The molecule has 1 aliphatic heterocycles. The maximum Gasteiger partial charge on any atom is 0.251 e. The normalized spacial score (nSPS) is 15.9. The van der Waals surface area contributed by atoms with Gasteiger partial charge in [0.15, 0.2) is 0 Å². The van der Waals surface area contributed by atoms with Gasteiger partial charge in [0.1, 0.15) is 6.04 Å². The number of halogens is 2. The standard InChI is InChI=1S/C25H27F2N3O3/c1-17(23(26)27)22(24(28)31)29-25(32)21-10-8-19(9-11-21)3-2-18-4-6-20(7-5-18)16-30-12-14-33-15-13-30/h4-11,17,22-23H,12-16H2,1H3,(H2,28,31)(H,29,32). The van der Waals surface area contributed by atoms with Gasteiger partial charge in [-0.1, -0.05) is 30.9 Å². The van der Waals surface area contributed by atoms with Crippen molar-refractivity contribution in [3.05, 3.63) is 70.8 Å². The van der Waals surface area contributed by atoms with Gasteiger partial charge >= 0.3 is 0 Å². The highest BCUT2D eigenvalue weighted by Gasteiger charge is 2.31. The van der Waals surface area contributed by atoms with E-state index >= 15 is 0 Å². The van der Waals surface area contributed by atoms with Crippen LogP contribution in [-0.4, -0.2) is 55.5 Å². The van der Waals surface area contributed by atoms with Gasteiger partial charge in [0, 0.05) is 42.2 Å². The molecule has 8 heteroatoms. The fourth-order valence-corrected chi connectivity index (χ4v) is 3.39. The van der Waals surface area contributed by atoms with Gasteiger partial charge in [0.2, 0.25) is 12.3 Å². The molecular formula is C25H27F2N3O3. The SMILES string of the molecule is CC(C(F)F)C(NC(=O)c1ccc(C#Cc2ccc(CN3CCOCC3)cc2)cc1)C(N)=O. The third kappa shape index (κ3) is 7.11. The van der Waals surface area contributed by atoms with Crippen LogP contribution in [0.3, 0.4) is 0 Å². The highest BCUT2D eigenvalue weighted by molar-refractivity contribution is 5.97. The number of amides is 2. The Morgan fingerprint density at radius 1 is 1.03 bits per heavy atom. The van der Waals surface area contributed by atoms with Gasteiger partial charge in [-0.05, 0) is 42.0 Å². The number of carbonyl (C=O) groups is 2. The Labute approximate surface area is 192 Å². The number of nitrogens with two attached hydrogens (primary N) is 1. The zero-order valence-electron chi connectivity index (χ0n) is 18.4. The van der Waals surface area contributed by atoms with Gasteiger partial charge < -0.3 is 15.8 Å². The lowest BCUT2D eigenvalue weighted by molar-refractivity contribution is -0.122. The summed E-state index contributed by atoms with van der Waals surface area (Å²) in [5.74, 6) is 3.08. The number of rotatable bonds is 7. The number of hydrogen-bond donors (Lipinski definition) is 2. The Morgan fingerprint density at radius 3 is 2.09 bits per heavy atom. The van der Waals surface area contributed by atoms with Gasteiger partial charge in [-0.15, -0.1) is 0 Å². The van der Waals surface area contributed by atoms with Crippen molar-refractivity contribution < 1.29 is 23.1 Å². The molecule has 0 bridgehead atoms. The third-order valence-corrected chi connectivity index (χ3v) is 5.48. The summed E-state index contributed by atoms with van der Waals surface area (Å²) < 4.78 is 31.2. The molecular weight excluding hydrogens is 428 g/mol. The van der Waals surface area contributed by atoms with E-state index in [1.165, 1.54) is 17.7 Å². The van der Waals surface area contributed by atoms with Crippen LogP contribution in [0.5, 0.6) is 0 Å². The summed E-state index contributed by atoms with van der Waals surface area (Å²) in [5, 5.41) is 2.29. The summed E-state index contributed by atoms with van der Waals surface area (Å²) in [6, 6.07) is 13.0. The zero-order valence-corrected chi connectivity index (χ0v) is 18.4. The van der Waals surface area contributed by atoms with Crippen LogP contribution in [0.4, 0.5) is 8.78 Å². The lowest BCUT2D eigenvalue weighted by Crippen LogP contribution is -2.50. The molecule has 33 heavy (non-hydrogen) atoms. The lowest BCUT2D eigenvalue weighted by atomic mass is 10.0. The zero-order chi connectivity index (χ0) is 23.8. The van der Waals surface area contributed by atoms with E-state index in [2.05, 4.69) is 34.2 Å². The molecule has 174 valence electrons. The smallest absolute Gasteiger partial charge is 0.251 e. The van der Waals surface area contributed by atoms with Crippen LogP contribution in [0.2, 0.25) is 0 Å². The van der Waals surface area contributed by atoms with Crippen molar-refractivity contribution in [2.24, 2.45) is 11.7 Å². The first kappa shape index (κ1) is 24.4. The number of alkyl halides is 2. The second kappa shape index (κ2) is 11.5. The fourth-order valence-electron chi connectivity index (χ4n) is 3.39. The Hall–Kier alpha value is -3.28. The first-order valence-electron chi connectivity index (χ1n) is 10.7. The number of nitrogens with one attached hydrogen (secondary N) is 1. The van der Waals surface area contributed by atoms with Crippen molar-refractivity contribution in [2.75, 3.05) is 26.3 Å². The van der Waals surface area contributed by atoms with Crippen molar-refractivity contribution >= 4 is 11.8 Å². The molecule has 0 spiro atoms. The summed E-state index contributed by atoms with van der Waals surface area (Å²) in [4.78, 5) is 26.1. The number of ether oxygens (including phenoxy) is 1. The molecule has 3 N–H and O–H groups in total. The van der Waals surface area contributed by atoms with E-state index in [-0.39, 0.29) is 5.56 Å². The number of morpholine rings is 1. The molecule has 1 saturated heterocycles. The van der Waals surface area contributed by atoms with E-state index in [0.29, 0.717) is 5.56 Å². The summed E-state index contributed by atoms with van der Waals surface area (Å²) in [6.45, 7) is 5.45. The minimum Gasteiger partial charge on any atom is -0.379 e. The maximum absolute atomic E-state index is 12.9. The molecule has 6 nitrogen and oxygen atoms in total. The van der Waals surface area contributed by atoms with Crippen LogP contribution in [0, 0.1) is 17.8 Å². The summed E-state index contributed by atoms with van der Waals surface area (Å²) >= 11 is 0. The average Bonchev–Trinajstić information content (AvgIpc) is 2.82. The number of nitrogens with zero attached hydrogens (tertiary/aromatic N) is 1. The molecule has 1 aliphatic rings. The second-order valence-corrected chi connectivity index (χ2v) is 7.96. The minimum absolute atomic E-state index is 0.223. The average molecular weight is 456 g/mol. The van der Waals surface area contributed by atoms with Crippen LogP contribution < -0.4 is 11.1 Å². The fraction of sp³-hybridized carbons (Fsp3) is 0.360. The Morgan fingerprint density at radius 2 is 1.58 bits per heavy atom. The molecule has 2 unspecified atom stereocenters. The topological polar surface area (TPSA) is 84.7 Å². The van der Waals surface area contributed by atoms with Gasteiger partial charge in [-0.2, -0.15) is 0 Å². The quantitative estimate of drug-likeness (QED) is 0.628. The van der Waals surface area contributed by atoms with Crippen LogP contribution in [0.1, 0.15) is 34.0 Å². The van der Waals surface area contributed by atoms with Crippen molar-refractivity contribution in [1.82, 2.24) is 10.2 Å². The van der Waals surface area contributed by atoms with Crippen molar-refractivity contribution in [3.63, 3.8) is 0 Å². The Kier molecular flexibility index (Phi) is 8.52. The highest BCUT2D eigenvalue weighted by atomic mass is 19.3. The van der Waals surface area contributed by atoms with E-state index in [4.69, 9.17) is 10.5 Å². The second-order valence-electron chi connectivity index (χ2n) is 7.96. The predicted molar refractivity (Wildman–Crippen MR) is 121 cm³/mol. The third-order valence-electron chi connectivity index (χ3n) is 5.48. The number of primary amides is 1. The van der Waals surface area contributed by atoms with Gasteiger partial charge in [-0.25, -0.2) is 8.78 Å². The van der Waals surface area contributed by atoms with Crippen LogP contribution >= 0.6 is 0 Å². The molecule has 2 amide bonds. The van der Waals surface area contributed by atoms with E-state index in [1.54, 1.807) is 12.1 Å². The molecule has 2 atom stereocenters. The molecule has 0 aliphatic carbocycles. The van der Waals surface area contributed by atoms with Crippen LogP contribution in [0.15, 0.2) is 48.5 Å².